The summed E-state index contributed by atoms with van der Waals surface area (Å²) in [5.74, 6) is 1.00. The van der Waals surface area contributed by atoms with Gasteiger partial charge in [-0.25, -0.2) is 0 Å². The van der Waals surface area contributed by atoms with Gasteiger partial charge in [0.15, 0.2) is 5.82 Å². The van der Waals surface area contributed by atoms with E-state index < -0.39 is 5.54 Å². The highest BCUT2D eigenvalue weighted by molar-refractivity contribution is 8.01. The molecule has 1 atom stereocenters. The summed E-state index contributed by atoms with van der Waals surface area (Å²) in [4.78, 5) is 17.6. The summed E-state index contributed by atoms with van der Waals surface area (Å²) in [6, 6.07) is 7.76. The lowest BCUT2D eigenvalue weighted by Crippen LogP contribution is -2.44. The van der Waals surface area contributed by atoms with Crippen molar-refractivity contribution in [3.63, 3.8) is 0 Å². The van der Waals surface area contributed by atoms with Gasteiger partial charge < -0.3 is 15.6 Å². The van der Waals surface area contributed by atoms with E-state index in [2.05, 4.69) is 15.5 Å². The smallest absolute Gasteiger partial charge is 0.238 e. The van der Waals surface area contributed by atoms with Crippen LogP contribution in [-0.2, 0) is 16.8 Å². The average Bonchev–Trinajstić information content (AvgIpc) is 2.94. The third kappa shape index (κ3) is 2.96. The summed E-state index contributed by atoms with van der Waals surface area (Å²) in [6.07, 6.45) is 3.28. The summed E-state index contributed by atoms with van der Waals surface area (Å²) in [7, 11) is 0. The van der Waals surface area contributed by atoms with E-state index in [0.717, 1.165) is 29.8 Å². The van der Waals surface area contributed by atoms with Crippen LogP contribution < -0.4 is 11.1 Å². The fourth-order valence-electron chi connectivity index (χ4n) is 2.71. The lowest BCUT2D eigenvalue weighted by Gasteiger charge is -2.34. The number of hydrogen-bond donors (Lipinski definition) is 2. The Hall–Kier alpha value is -1.57. The van der Waals surface area contributed by atoms with E-state index in [0.29, 0.717) is 18.1 Å². The van der Waals surface area contributed by atoms with Crippen LogP contribution >= 0.6 is 24.2 Å². The molecule has 8 heteroatoms. The zero-order chi connectivity index (χ0) is 15.2. The zero-order valence-corrected chi connectivity index (χ0v) is 14.0. The monoisotopic (exact) mass is 352 g/mol. The minimum Gasteiger partial charge on any atom is -0.339 e. The molecule has 1 aliphatic carbocycles. The molecule has 4 rings (SSSR count). The highest BCUT2D eigenvalue weighted by Crippen LogP contribution is 2.38. The molecule has 1 aromatic heterocycles. The molecule has 122 valence electrons. The van der Waals surface area contributed by atoms with E-state index in [4.69, 9.17) is 10.3 Å². The van der Waals surface area contributed by atoms with Crippen molar-refractivity contribution in [2.75, 3.05) is 5.32 Å². The molecule has 1 aromatic carbocycles. The maximum absolute atomic E-state index is 12.2. The molecule has 23 heavy (non-hydrogen) atoms. The van der Waals surface area contributed by atoms with Gasteiger partial charge in [-0.15, -0.1) is 24.2 Å². The topological polar surface area (TPSA) is 94.0 Å². The second-order valence-electron chi connectivity index (χ2n) is 5.82. The molecule has 1 fully saturated rings. The van der Waals surface area contributed by atoms with Crippen LogP contribution in [-0.4, -0.2) is 21.3 Å². The highest BCUT2D eigenvalue weighted by Gasteiger charge is 2.39. The van der Waals surface area contributed by atoms with Gasteiger partial charge >= 0.3 is 0 Å². The molecule has 1 unspecified atom stereocenters. The number of benzene rings is 1. The molecule has 0 saturated heterocycles. The van der Waals surface area contributed by atoms with Crippen molar-refractivity contribution in [2.24, 2.45) is 5.73 Å². The molecule has 2 heterocycles. The SMILES string of the molecule is Cl.NC1(c2noc(CC3Sc4ccccc4NC3=O)n2)CCC1. The second-order valence-corrected chi connectivity index (χ2v) is 7.06. The number of carbonyl (C=O) groups is 1. The molecule has 2 aromatic rings. The lowest BCUT2D eigenvalue weighted by molar-refractivity contribution is -0.115. The number of nitrogens with two attached hydrogens (primary N) is 1. The number of anilines is 1. The van der Waals surface area contributed by atoms with Crippen molar-refractivity contribution >= 4 is 35.8 Å². The van der Waals surface area contributed by atoms with Crippen LogP contribution in [0.2, 0.25) is 0 Å². The van der Waals surface area contributed by atoms with Crippen molar-refractivity contribution in [1.82, 2.24) is 10.1 Å². The number of hydrogen-bond acceptors (Lipinski definition) is 6. The van der Waals surface area contributed by atoms with E-state index in [1.807, 2.05) is 24.3 Å². The number of aromatic nitrogens is 2. The molecule has 0 spiro atoms. The van der Waals surface area contributed by atoms with Crippen LogP contribution in [0.25, 0.3) is 0 Å². The number of carbonyl (C=O) groups excluding carboxylic acids is 1. The third-order valence-electron chi connectivity index (χ3n) is 4.23. The molecule has 0 bridgehead atoms. The number of halogens is 1. The number of fused-ring (bicyclic) bond motifs is 1. The Labute approximate surface area is 144 Å². The second kappa shape index (κ2) is 6.14. The normalized spacial score (nSPS) is 21.6. The maximum Gasteiger partial charge on any atom is 0.238 e. The van der Waals surface area contributed by atoms with Crippen LogP contribution in [0.5, 0.6) is 0 Å². The largest absolute Gasteiger partial charge is 0.339 e. The van der Waals surface area contributed by atoms with Crippen molar-refractivity contribution < 1.29 is 9.32 Å². The van der Waals surface area contributed by atoms with Crippen LogP contribution in [0.3, 0.4) is 0 Å². The molecule has 6 nitrogen and oxygen atoms in total. The number of rotatable bonds is 3. The first kappa shape index (κ1) is 16.3. The molecule has 1 aliphatic heterocycles. The third-order valence-corrected chi connectivity index (χ3v) is 5.50. The Morgan fingerprint density at radius 2 is 2.17 bits per heavy atom. The first-order chi connectivity index (χ1) is 10.6. The highest BCUT2D eigenvalue weighted by atomic mass is 35.5. The van der Waals surface area contributed by atoms with Gasteiger partial charge in [0, 0.05) is 11.3 Å². The van der Waals surface area contributed by atoms with Gasteiger partial charge in [-0.1, -0.05) is 17.3 Å². The number of thioether (sulfide) groups is 1. The first-order valence-electron chi connectivity index (χ1n) is 7.33. The van der Waals surface area contributed by atoms with Gasteiger partial charge in [-0.3, -0.25) is 4.79 Å². The summed E-state index contributed by atoms with van der Waals surface area (Å²) in [5.41, 5.74) is 6.61. The van der Waals surface area contributed by atoms with Crippen molar-refractivity contribution in [2.45, 2.75) is 41.4 Å². The minimum absolute atomic E-state index is 0. The minimum atomic E-state index is -0.434. The van der Waals surface area contributed by atoms with Crippen molar-refractivity contribution in [1.29, 1.82) is 0 Å². The maximum atomic E-state index is 12.2. The van der Waals surface area contributed by atoms with E-state index in [1.54, 1.807) is 0 Å². The van der Waals surface area contributed by atoms with E-state index in [-0.39, 0.29) is 23.6 Å². The van der Waals surface area contributed by atoms with Gasteiger partial charge in [-0.2, -0.15) is 4.98 Å². The molecule has 1 amide bonds. The molecule has 3 N–H and O–H groups in total. The number of para-hydroxylation sites is 1. The molecule has 2 aliphatic rings. The summed E-state index contributed by atoms with van der Waals surface area (Å²) in [5, 5.41) is 6.64. The lowest BCUT2D eigenvalue weighted by atomic mass is 9.77. The van der Waals surface area contributed by atoms with Crippen LogP contribution in [0, 0.1) is 0 Å². The van der Waals surface area contributed by atoms with E-state index in [9.17, 15) is 4.79 Å². The van der Waals surface area contributed by atoms with Crippen LogP contribution in [0.15, 0.2) is 33.7 Å². The summed E-state index contributed by atoms with van der Waals surface area (Å²) >= 11 is 1.53. The van der Waals surface area contributed by atoms with Crippen LogP contribution in [0.1, 0.15) is 31.0 Å². The van der Waals surface area contributed by atoms with Gasteiger partial charge in [0.2, 0.25) is 11.8 Å². The van der Waals surface area contributed by atoms with Crippen molar-refractivity contribution in [3.05, 3.63) is 36.0 Å². The quantitative estimate of drug-likeness (QED) is 0.881. The van der Waals surface area contributed by atoms with Crippen molar-refractivity contribution in [3.8, 4) is 0 Å². The average molecular weight is 353 g/mol. The van der Waals surface area contributed by atoms with E-state index in [1.165, 1.54) is 11.8 Å². The fourth-order valence-corrected chi connectivity index (χ4v) is 3.81. The number of amides is 1. The standard InChI is InChI=1S/C15H16N4O2S.ClH/c16-15(6-3-7-15)14-18-12(21-19-14)8-11-13(20)17-9-4-1-2-5-10(9)22-11;/h1-2,4-5,11H,3,6-8,16H2,(H,17,20);1H. The molecule has 1 saturated carbocycles. The molecule has 0 radical (unpaired) electrons. The first-order valence-corrected chi connectivity index (χ1v) is 8.20. The van der Waals surface area contributed by atoms with Gasteiger partial charge in [0.05, 0.1) is 16.5 Å². The van der Waals surface area contributed by atoms with E-state index >= 15 is 0 Å². The number of nitrogens with one attached hydrogen (secondary N) is 1. The fraction of sp³-hybridized carbons (Fsp3) is 0.400. The Kier molecular flexibility index (Phi) is 4.35. The Morgan fingerprint density at radius 1 is 1.39 bits per heavy atom. The predicted octanol–water partition coefficient (Wildman–Crippen LogP) is 2.48. The molecular weight excluding hydrogens is 336 g/mol. The Bertz CT molecular complexity index is 732. The Morgan fingerprint density at radius 3 is 2.91 bits per heavy atom. The number of nitrogens with zero attached hydrogens (tertiary/aromatic N) is 2. The summed E-state index contributed by atoms with van der Waals surface area (Å²) < 4.78 is 5.29. The van der Waals surface area contributed by atoms with Gasteiger partial charge in [0.25, 0.3) is 0 Å². The van der Waals surface area contributed by atoms with Gasteiger partial charge in [0.1, 0.15) is 0 Å². The molecular formula is C15H17ClN4O2S. The predicted molar refractivity (Wildman–Crippen MR) is 89.7 cm³/mol. The zero-order valence-electron chi connectivity index (χ0n) is 12.3. The van der Waals surface area contributed by atoms with Crippen LogP contribution in [0.4, 0.5) is 5.69 Å². The van der Waals surface area contributed by atoms with Gasteiger partial charge in [-0.05, 0) is 31.4 Å². The Balaban J connectivity index is 0.00000156. The summed E-state index contributed by atoms with van der Waals surface area (Å²) in [6.45, 7) is 0.